The van der Waals surface area contributed by atoms with Crippen LogP contribution in [0.4, 0.5) is 11.4 Å². The Kier molecular flexibility index (Phi) is 5.88. The highest BCUT2D eigenvalue weighted by Crippen LogP contribution is 2.27. The van der Waals surface area contributed by atoms with Crippen LogP contribution < -0.4 is 5.32 Å². The van der Waals surface area contributed by atoms with E-state index in [0.717, 1.165) is 11.1 Å². The van der Waals surface area contributed by atoms with Gasteiger partial charge in [0.15, 0.2) is 5.78 Å². The van der Waals surface area contributed by atoms with Crippen LogP contribution in [-0.4, -0.2) is 16.6 Å². The second kappa shape index (κ2) is 7.90. The summed E-state index contributed by atoms with van der Waals surface area (Å²) in [4.78, 5) is 34.4. The summed E-state index contributed by atoms with van der Waals surface area (Å²) in [6, 6.07) is 9.41. The zero-order valence-electron chi connectivity index (χ0n) is 13.8. The van der Waals surface area contributed by atoms with Gasteiger partial charge in [0, 0.05) is 30.2 Å². The molecule has 2 rings (SSSR count). The molecule has 0 saturated carbocycles. The molecule has 7 heteroatoms. The highest BCUT2D eigenvalue weighted by molar-refractivity contribution is 6.32. The van der Waals surface area contributed by atoms with Gasteiger partial charge in [0.05, 0.1) is 4.92 Å². The van der Waals surface area contributed by atoms with Gasteiger partial charge in [-0.15, -0.1) is 0 Å². The molecule has 1 N–H and O–H groups in total. The van der Waals surface area contributed by atoms with Gasteiger partial charge >= 0.3 is 0 Å². The summed E-state index contributed by atoms with van der Waals surface area (Å²) in [5, 5.41) is 13.4. The smallest absolute Gasteiger partial charge is 0.289 e. The molecule has 0 aliphatic carbocycles. The molecule has 0 fully saturated rings. The lowest BCUT2D eigenvalue weighted by Crippen LogP contribution is -2.13. The number of anilines is 1. The number of ketones is 1. The van der Waals surface area contributed by atoms with Crippen molar-refractivity contribution < 1.29 is 14.5 Å². The first-order valence-electron chi connectivity index (χ1n) is 7.62. The molecule has 0 unspecified atom stereocenters. The molecule has 6 nitrogen and oxygen atoms in total. The van der Waals surface area contributed by atoms with Crippen molar-refractivity contribution in [3.05, 3.63) is 68.2 Å². The third-order valence-corrected chi connectivity index (χ3v) is 4.15. The predicted molar refractivity (Wildman–Crippen MR) is 96.2 cm³/mol. The number of carbonyl (C=O) groups excluding carboxylic acids is 2. The van der Waals surface area contributed by atoms with Gasteiger partial charge in [-0.25, -0.2) is 0 Å². The number of benzene rings is 2. The first-order chi connectivity index (χ1) is 11.8. The van der Waals surface area contributed by atoms with Crippen molar-refractivity contribution in [1.82, 2.24) is 0 Å². The van der Waals surface area contributed by atoms with Gasteiger partial charge in [-0.05, 0) is 43.2 Å². The molecule has 1 amide bonds. The van der Waals surface area contributed by atoms with E-state index in [1.54, 1.807) is 12.1 Å². The Morgan fingerprint density at radius 1 is 1.08 bits per heavy atom. The van der Waals surface area contributed by atoms with Crippen molar-refractivity contribution in [2.45, 2.75) is 26.7 Å². The molecule has 0 bridgehead atoms. The SMILES string of the molecule is Cc1ccc(C(=O)CCC(=O)Nc2ccc(Cl)c([N+](=O)[O-])c2)cc1C. The maximum Gasteiger partial charge on any atom is 0.289 e. The second-order valence-corrected chi connectivity index (χ2v) is 6.10. The van der Waals surface area contributed by atoms with Crippen LogP contribution in [0.25, 0.3) is 0 Å². The van der Waals surface area contributed by atoms with Gasteiger partial charge in [0.1, 0.15) is 5.02 Å². The van der Waals surface area contributed by atoms with E-state index < -0.39 is 10.8 Å². The molecular formula is C18H17ClN2O4. The number of aryl methyl sites for hydroxylation is 2. The van der Waals surface area contributed by atoms with Crippen LogP contribution in [0.5, 0.6) is 0 Å². The molecular weight excluding hydrogens is 344 g/mol. The molecule has 2 aromatic carbocycles. The lowest BCUT2D eigenvalue weighted by atomic mass is 10.0. The minimum atomic E-state index is -0.624. The molecule has 130 valence electrons. The maximum atomic E-state index is 12.2. The molecule has 0 atom stereocenters. The van der Waals surface area contributed by atoms with E-state index in [2.05, 4.69) is 5.32 Å². The Morgan fingerprint density at radius 2 is 1.80 bits per heavy atom. The fraction of sp³-hybridized carbons (Fsp3) is 0.222. The number of rotatable bonds is 6. The summed E-state index contributed by atoms with van der Waals surface area (Å²) < 4.78 is 0. The Labute approximate surface area is 150 Å². The van der Waals surface area contributed by atoms with E-state index >= 15 is 0 Å². The Hall–Kier alpha value is -2.73. The van der Waals surface area contributed by atoms with Gasteiger partial charge in [-0.1, -0.05) is 23.7 Å². The van der Waals surface area contributed by atoms with Crippen LogP contribution >= 0.6 is 11.6 Å². The summed E-state index contributed by atoms with van der Waals surface area (Å²) in [5.41, 5.74) is 2.66. The molecule has 0 aliphatic rings. The number of hydrogen-bond acceptors (Lipinski definition) is 4. The molecule has 0 heterocycles. The largest absolute Gasteiger partial charge is 0.326 e. The Morgan fingerprint density at radius 3 is 2.44 bits per heavy atom. The normalized spacial score (nSPS) is 10.4. The fourth-order valence-corrected chi connectivity index (χ4v) is 2.43. The molecule has 0 radical (unpaired) electrons. The zero-order chi connectivity index (χ0) is 18.6. The lowest BCUT2D eigenvalue weighted by molar-refractivity contribution is -0.384. The second-order valence-electron chi connectivity index (χ2n) is 5.69. The van der Waals surface area contributed by atoms with E-state index in [4.69, 9.17) is 11.6 Å². The number of hydrogen-bond donors (Lipinski definition) is 1. The van der Waals surface area contributed by atoms with Crippen LogP contribution in [-0.2, 0) is 4.79 Å². The first kappa shape index (κ1) is 18.6. The van der Waals surface area contributed by atoms with E-state index in [0.29, 0.717) is 5.56 Å². The highest BCUT2D eigenvalue weighted by atomic mass is 35.5. The third kappa shape index (κ3) is 4.87. The van der Waals surface area contributed by atoms with Crippen LogP contribution in [0.3, 0.4) is 0 Å². The maximum absolute atomic E-state index is 12.2. The van der Waals surface area contributed by atoms with Gasteiger partial charge < -0.3 is 5.32 Å². The molecule has 0 spiro atoms. The standard InChI is InChI=1S/C18H17ClN2O4/c1-11-3-4-13(9-12(11)2)17(22)7-8-18(23)20-14-5-6-15(19)16(10-14)21(24)25/h3-6,9-10H,7-8H2,1-2H3,(H,20,23). The first-order valence-corrected chi connectivity index (χ1v) is 8.00. The van der Waals surface area contributed by atoms with Crippen LogP contribution in [0, 0.1) is 24.0 Å². The summed E-state index contributed by atoms with van der Waals surface area (Å²) in [6.07, 6.45) is 0.0478. The summed E-state index contributed by atoms with van der Waals surface area (Å²) in [5.74, 6) is -0.519. The Bertz CT molecular complexity index is 849. The number of halogens is 1. The number of nitrogens with zero attached hydrogens (tertiary/aromatic N) is 1. The van der Waals surface area contributed by atoms with Crippen LogP contribution in [0.1, 0.15) is 34.3 Å². The minimum Gasteiger partial charge on any atom is -0.326 e. The van der Waals surface area contributed by atoms with Crippen molar-refractivity contribution in [3.63, 3.8) is 0 Å². The number of amides is 1. The quantitative estimate of drug-likeness (QED) is 0.467. The zero-order valence-corrected chi connectivity index (χ0v) is 14.6. The third-order valence-electron chi connectivity index (χ3n) is 3.83. The number of nitro benzene ring substituents is 1. The van der Waals surface area contributed by atoms with Crippen molar-refractivity contribution in [2.75, 3.05) is 5.32 Å². The number of nitro groups is 1. The predicted octanol–water partition coefficient (Wildman–Crippen LogP) is 4.47. The fourth-order valence-electron chi connectivity index (χ4n) is 2.24. The minimum absolute atomic E-state index is 0.00656. The molecule has 2 aromatic rings. The molecule has 0 saturated heterocycles. The van der Waals surface area contributed by atoms with E-state index in [1.807, 2.05) is 19.9 Å². The van der Waals surface area contributed by atoms with Crippen molar-refractivity contribution in [3.8, 4) is 0 Å². The van der Waals surface area contributed by atoms with Gasteiger partial charge in [0.25, 0.3) is 5.69 Å². The van der Waals surface area contributed by atoms with Crippen LogP contribution in [0.15, 0.2) is 36.4 Å². The van der Waals surface area contributed by atoms with Crippen molar-refractivity contribution in [2.24, 2.45) is 0 Å². The van der Waals surface area contributed by atoms with Crippen LogP contribution in [0.2, 0.25) is 5.02 Å². The average molecular weight is 361 g/mol. The molecule has 25 heavy (non-hydrogen) atoms. The monoisotopic (exact) mass is 360 g/mol. The van der Waals surface area contributed by atoms with E-state index in [1.165, 1.54) is 18.2 Å². The van der Waals surface area contributed by atoms with Gasteiger partial charge in [-0.3, -0.25) is 19.7 Å². The Balaban J connectivity index is 1.96. The number of carbonyl (C=O) groups is 2. The van der Waals surface area contributed by atoms with Crippen molar-refractivity contribution >= 4 is 34.7 Å². The van der Waals surface area contributed by atoms with E-state index in [-0.39, 0.29) is 35.0 Å². The summed E-state index contributed by atoms with van der Waals surface area (Å²) in [7, 11) is 0. The summed E-state index contributed by atoms with van der Waals surface area (Å²) in [6.45, 7) is 3.88. The molecule has 0 aliphatic heterocycles. The number of nitrogens with one attached hydrogen (secondary N) is 1. The highest BCUT2D eigenvalue weighted by Gasteiger charge is 2.15. The lowest BCUT2D eigenvalue weighted by Gasteiger charge is -2.07. The average Bonchev–Trinajstić information content (AvgIpc) is 2.56. The van der Waals surface area contributed by atoms with Crippen molar-refractivity contribution in [1.29, 1.82) is 0 Å². The molecule has 0 aromatic heterocycles. The topological polar surface area (TPSA) is 89.3 Å². The number of Topliss-reactive ketones (excluding diaryl/α,β-unsaturated/α-hetero) is 1. The van der Waals surface area contributed by atoms with E-state index in [9.17, 15) is 19.7 Å². The van der Waals surface area contributed by atoms with Gasteiger partial charge in [0.2, 0.25) is 5.91 Å². The summed E-state index contributed by atoms with van der Waals surface area (Å²) >= 11 is 5.72. The van der Waals surface area contributed by atoms with Gasteiger partial charge in [-0.2, -0.15) is 0 Å².